The summed E-state index contributed by atoms with van der Waals surface area (Å²) in [7, 11) is 0. The topological polar surface area (TPSA) is 111 Å². The van der Waals surface area contributed by atoms with Crippen molar-refractivity contribution in [3.63, 3.8) is 0 Å². The number of ether oxygens (including phenoxy) is 2. The van der Waals surface area contributed by atoms with Crippen LogP contribution in [0.25, 0.3) is 21.2 Å². The van der Waals surface area contributed by atoms with Crippen LogP contribution in [-0.2, 0) is 16.1 Å². The van der Waals surface area contributed by atoms with E-state index in [1.54, 1.807) is 29.6 Å². The number of fused-ring (bicyclic) bond motifs is 2. The number of aromatic nitrogens is 2. The van der Waals surface area contributed by atoms with Crippen LogP contribution in [0.4, 0.5) is 0 Å². The van der Waals surface area contributed by atoms with Gasteiger partial charge in [-0.1, -0.05) is 0 Å². The molecule has 9 heteroatoms. The van der Waals surface area contributed by atoms with Crippen molar-refractivity contribution in [1.82, 2.24) is 9.97 Å². The van der Waals surface area contributed by atoms with Gasteiger partial charge in [0.15, 0.2) is 6.61 Å². The largest absolute Gasteiger partial charge is 0.482 e. The molecule has 28 heavy (non-hydrogen) atoms. The van der Waals surface area contributed by atoms with E-state index in [0.717, 1.165) is 10.9 Å². The van der Waals surface area contributed by atoms with Crippen LogP contribution in [0.1, 0.15) is 11.4 Å². The maximum atomic E-state index is 11.9. The number of rotatable bonds is 5. The minimum Gasteiger partial charge on any atom is -0.482 e. The van der Waals surface area contributed by atoms with Crippen molar-refractivity contribution in [2.24, 2.45) is 0 Å². The smallest absolute Gasteiger partial charge is 0.344 e. The molecule has 0 atom stereocenters. The van der Waals surface area contributed by atoms with Gasteiger partial charge in [-0.2, -0.15) is 0 Å². The Labute approximate surface area is 161 Å². The van der Waals surface area contributed by atoms with E-state index < -0.39 is 11.6 Å². The van der Waals surface area contributed by atoms with Crippen LogP contribution in [0, 0.1) is 6.92 Å². The van der Waals surface area contributed by atoms with Gasteiger partial charge >= 0.3 is 11.6 Å². The monoisotopic (exact) mass is 398 g/mol. The normalized spacial score (nSPS) is 11.0. The van der Waals surface area contributed by atoms with Crippen molar-refractivity contribution in [1.29, 1.82) is 0 Å². The molecule has 0 amide bonds. The van der Waals surface area contributed by atoms with Crippen molar-refractivity contribution < 1.29 is 18.7 Å². The Hall–Kier alpha value is -3.46. The minimum absolute atomic E-state index is 0.172. The van der Waals surface area contributed by atoms with Crippen molar-refractivity contribution in [2.45, 2.75) is 13.5 Å². The first-order valence-corrected chi connectivity index (χ1v) is 9.17. The first kappa shape index (κ1) is 17.9. The van der Waals surface area contributed by atoms with Crippen LogP contribution in [0.15, 0.2) is 49.7 Å². The van der Waals surface area contributed by atoms with Gasteiger partial charge in [0.05, 0.1) is 5.52 Å². The van der Waals surface area contributed by atoms with E-state index in [9.17, 15) is 14.4 Å². The number of nitrogens with one attached hydrogen (secondary N) is 1. The molecular weight excluding hydrogens is 384 g/mol. The molecule has 3 heterocycles. The highest BCUT2D eigenvalue weighted by Gasteiger charge is 2.10. The number of carbonyl (C=O) groups excluding carboxylic acids is 1. The van der Waals surface area contributed by atoms with Gasteiger partial charge in [-0.15, -0.1) is 11.3 Å². The summed E-state index contributed by atoms with van der Waals surface area (Å²) < 4.78 is 16.2. The van der Waals surface area contributed by atoms with Gasteiger partial charge in [0.25, 0.3) is 5.56 Å². The predicted molar refractivity (Wildman–Crippen MR) is 103 cm³/mol. The predicted octanol–water partition coefficient (Wildman–Crippen LogP) is 2.52. The fourth-order valence-corrected chi connectivity index (χ4v) is 3.44. The van der Waals surface area contributed by atoms with Gasteiger partial charge in [-0.05, 0) is 36.1 Å². The molecular formula is C19H14N2O6S. The van der Waals surface area contributed by atoms with E-state index in [2.05, 4.69) is 9.97 Å². The standard InChI is InChI=1S/C19H14N2O6S/c1-10-6-16(22)27-14-7-11(2-3-12(10)14)25-9-17(23)26-8-15-20-13-4-5-28-18(13)19(24)21-15/h2-7H,8-9H2,1H3,(H,20,21,24). The molecule has 8 nitrogen and oxygen atoms in total. The number of H-pyrrole nitrogens is 1. The summed E-state index contributed by atoms with van der Waals surface area (Å²) in [4.78, 5) is 42.1. The second-order valence-electron chi connectivity index (χ2n) is 6.00. The molecule has 0 fully saturated rings. The number of aryl methyl sites for hydroxylation is 1. The molecule has 0 aliphatic rings. The lowest BCUT2D eigenvalue weighted by Crippen LogP contribution is -2.17. The summed E-state index contributed by atoms with van der Waals surface area (Å²) in [5.41, 5.74) is 1.01. The first-order chi connectivity index (χ1) is 13.5. The molecule has 142 valence electrons. The average molecular weight is 398 g/mol. The Bertz CT molecular complexity index is 1300. The number of thiophene rings is 1. The van der Waals surface area contributed by atoms with Gasteiger partial charge in [0.2, 0.25) is 0 Å². The van der Waals surface area contributed by atoms with Gasteiger partial charge in [0.1, 0.15) is 28.5 Å². The zero-order valence-electron chi connectivity index (χ0n) is 14.7. The van der Waals surface area contributed by atoms with Crippen molar-refractivity contribution >= 4 is 38.5 Å². The molecule has 0 unspecified atom stereocenters. The molecule has 4 rings (SSSR count). The molecule has 4 aromatic rings. The van der Waals surface area contributed by atoms with Crippen LogP contribution >= 0.6 is 11.3 Å². The highest BCUT2D eigenvalue weighted by Crippen LogP contribution is 2.22. The van der Waals surface area contributed by atoms with Crippen LogP contribution < -0.4 is 15.9 Å². The summed E-state index contributed by atoms with van der Waals surface area (Å²) in [6.07, 6.45) is 0. The number of benzene rings is 1. The van der Waals surface area contributed by atoms with Crippen molar-refractivity contribution in [3.8, 4) is 5.75 Å². The molecule has 0 aliphatic heterocycles. The Morgan fingerprint density at radius 2 is 2.11 bits per heavy atom. The van der Waals surface area contributed by atoms with E-state index in [4.69, 9.17) is 13.9 Å². The number of carbonyl (C=O) groups is 1. The number of hydrogen-bond acceptors (Lipinski definition) is 8. The summed E-state index contributed by atoms with van der Waals surface area (Å²) in [6.45, 7) is 1.30. The second-order valence-corrected chi connectivity index (χ2v) is 6.92. The summed E-state index contributed by atoms with van der Waals surface area (Å²) in [6, 6.07) is 8.10. The third-order valence-corrected chi connectivity index (χ3v) is 4.92. The maximum absolute atomic E-state index is 11.9. The number of esters is 1. The lowest BCUT2D eigenvalue weighted by Gasteiger charge is -2.08. The third kappa shape index (κ3) is 3.65. The molecule has 0 bridgehead atoms. The number of aromatic amines is 1. The van der Waals surface area contributed by atoms with Crippen LogP contribution in [0.5, 0.6) is 5.75 Å². The van der Waals surface area contributed by atoms with Crippen LogP contribution in [0.3, 0.4) is 0 Å². The number of nitrogens with zero attached hydrogens (tertiary/aromatic N) is 1. The van der Waals surface area contributed by atoms with Crippen LogP contribution in [-0.4, -0.2) is 22.5 Å². The van der Waals surface area contributed by atoms with Gasteiger partial charge < -0.3 is 18.9 Å². The lowest BCUT2D eigenvalue weighted by atomic mass is 10.1. The van der Waals surface area contributed by atoms with E-state index in [1.807, 2.05) is 6.92 Å². The molecule has 0 saturated carbocycles. The quantitative estimate of drug-likeness (QED) is 0.406. The fraction of sp³-hybridized carbons (Fsp3) is 0.158. The minimum atomic E-state index is -0.626. The molecule has 1 N–H and O–H groups in total. The molecule has 0 spiro atoms. The number of hydrogen-bond donors (Lipinski definition) is 1. The Balaban J connectivity index is 1.39. The van der Waals surface area contributed by atoms with E-state index in [0.29, 0.717) is 21.5 Å². The molecule has 1 aromatic carbocycles. The zero-order valence-corrected chi connectivity index (χ0v) is 15.5. The van der Waals surface area contributed by atoms with Gasteiger partial charge in [-0.25, -0.2) is 14.6 Å². The Kier molecular flexibility index (Phi) is 4.66. The fourth-order valence-electron chi connectivity index (χ4n) is 2.72. The Morgan fingerprint density at radius 1 is 1.25 bits per heavy atom. The average Bonchev–Trinajstić information content (AvgIpc) is 3.13. The van der Waals surface area contributed by atoms with E-state index in [-0.39, 0.29) is 24.6 Å². The van der Waals surface area contributed by atoms with Gasteiger partial charge in [0, 0.05) is 17.5 Å². The zero-order chi connectivity index (χ0) is 19.7. The summed E-state index contributed by atoms with van der Waals surface area (Å²) >= 11 is 1.29. The van der Waals surface area contributed by atoms with E-state index in [1.165, 1.54) is 17.4 Å². The highest BCUT2D eigenvalue weighted by molar-refractivity contribution is 7.17. The van der Waals surface area contributed by atoms with Crippen molar-refractivity contribution in [2.75, 3.05) is 6.61 Å². The Morgan fingerprint density at radius 3 is 2.96 bits per heavy atom. The SMILES string of the molecule is Cc1cc(=O)oc2cc(OCC(=O)OCc3nc4ccsc4c(=O)[nH]3)ccc12. The van der Waals surface area contributed by atoms with E-state index >= 15 is 0 Å². The third-order valence-electron chi connectivity index (χ3n) is 4.01. The molecule has 0 saturated heterocycles. The molecule has 3 aromatic heterocycles. The summed E-state index contributed by atoms with van der Waals surface area (Å²) in [5.74, 6) is -0.00418. The van der Waals surface area contributed by atoms with Gasteiger partial charge in [-0.3, -0.25) is 4.79 Å². The van der Waals surface area contributed by atoms with Crippen LogP contribution in [0.2, 0.25) is 0 Å². The summed E-state index contributed by atoms with van der Waals surface area (Å²) in [5, 5.41) is 2.55. The maximum Gasteiger partial charge on any atom is 0.344 e. The molecule has 0 aliphatic carbocycles. The first-order valence-electron chi connectivity index (χ1n) is 8.29. The van der Waals surface area contributed by atoms with Crippen molar-refractivity contribution in [3.05, 3.63) is 67.9 Å². The lowest BCUT2D eigenvalue weighted by molar-refractivity contribution is -0.147. The second kappa shape index (κ2) is 7.28. The highest BCUT2D eigenvalue weighted by atomic mass is 32.1. The molecule has 0 radical (unpaired) electrons.